The van der Waals surface area contributed by atoms with Gasteiger partial charge in [0.25, 0.3) is 0 Å². The lowest BCUT2D eigenvalue weighted by Gasteiger charge is -2.14. The predicted molar refractivity (Wildman–Crippen MR) is 137 cm³/mol. The van der Waals surface area contributed by atoms with Crippen LogP contribution in [0, 0.1) is 20.8 Å². The molecule has 0 radical (unpaired) electrons. The van der Waals surface area contributed by atoms with Crippen LogP contribution in [0.5, 0.6) is 0 Å². The van der Waals surface area contributed by atoms with Gasteiger partial charge >= 0.3 is 0 Å². The zero-order valence-electron chi connectivity index (χ0n) is 20.7. The van der Waals surface area contributed by atoms with Gasteiger partial charge in [0.15, 0.2) is 5.82 Å². The van der Waals surface area contributed by atoms with Crippen molar-refractivity contribution in [3.8, 4) is 22.6 Å². The van der Waals surface area contributed by atoms with Crippen LogP contribution in [0.15, 0.2) is 41.2 Å². The maximum absolute atomic E-state index is 5.47. The molecular formula is C26H32N8O. The Morgan fingerprint density at radius 2 is 1.97 bits per heavy atom. The molecule has 1 aliphatic carbocycles. The summed E-state index contributed by atoms with van der Waals surface area (Å²) in [6.45, 7) is 8.50. The molecule has 5 rings (SSSR count). The number of nitrogens with one attached hydrogen (secondary N) is 3. The van der Waals surface area contributed by atoms with Crippen LogP contribution in [0.4, 0.5) is 11.5 Å². The third-order valence-electron chi connectivity index (χ3n) is 6.27. The molecule has 0 aliphatic heterocycles. The number of benzene rings is 1. The molecule has 1 aromatic carbocycles. The van der Waals surface area contributed by atoms with E-state index in [4.69, 9.17) is 14.5 Å². The first-order valence-corrected chi connectivity index (χ1v) is 12.1. The van der Waals surface area contributed by atoms with E-state index in [1.54, 1.807) is 0 Å². The van der Waals surface area contributed by atoms with Crippen molar-refractivity contribution in [1.82, 2.24) is 35.5 Å². The Morgan fingerprint density at radius 3 is 2.71 bits per heavy atom. The number of aryl methyl sites for hydroxylation is 2. The lowest BCUT2D eigenvalue weighted by atomic mass is 10.0. The number of nitrogens with zero attached hydrogens (tertiary/aromatic N) is 5. The van der Waals surface area contributed by atoms with Crippen LogP contribution in [0.3, 0.4) is 0 Å². The van der Waals surface area contributed by atoms with E-state index in [1.165, 1.54) is 18.4 Å². The molecule has 3 aromatic heterocycles. The zero-order chi connectivity index (χ0) is 24.4. The second kappa shape index (κ2) is 9.97. The molecule has 0 amide bonds. The van der Waals surface area contributed by atoms with Gasteiger partial charge in [0.2, 0.25) is 0 Å². The second-order valence-electron chi connectivity index (χ2n) is 9.11. The van der Waals surface area contributed by atoms with E-state index >= 15 is 0 Å². The molecule has 4 aromatic rings. The fourth-order valence-electron chi connectivity index (χ4n) is 4.18. The van der Waals surface area contributed by atoms with Gasteiger partial charge < -0.3 is 20.5 Å². The SMILES string of the molecule is CNCCNCc1cccc(-c2nc(Nc3cnn(C4CC4)c3)c(C)c(-c3c(C)noc3C)n2)c1. The van der Waals surface area contributed by atoms with Crippen molar-refractivity contribution in [2.45, 2.75) is 46.2 Å². The van der Waals surface area contributed by atoms with E-state index in [-0.39, 0.29) is 0 Å². The van der Waals surface area contributed by atoms with Gasteiger partial charge in [-0.05, 0) is 52.3 Å². The topological polar surface area (TPSA) is 106 Å². The normalized spacial score (nSPS) is 13.4. The number of aromatic nitrogens is 5. The number of anilines is 2. The molecule has 1 saturated carbocycles. The van der Waals surface area contributed by atoms with Crippen molar-refractivity contribution in [2.75, 3.05) is 25.5 Å². The van der Waals surface area contributed by atoms with Gasteiger partial charge in [-0.2, -0.15) is 5.10 Å². The summed E-state index contributed by atoms with van der Waals surface area (Å²) < 4.78 is 7.50. The summed E-state index contributed by atoms with van der Waals surface area (Å²) in [5.41, 5.74) is 6.53. The summed E-state index contributed by atoms with van der Waals surface area (Å²) in [6.07, 6.45) is 6.28. The summed E-state index contributed by atoms with van der Waals surface area (Å²) in [7, 11) is 1.95. The molecule has 3 N–H and O–H groups in total. The Morgan fingerprint density at radius 1 is 1.11 bits per heavy atom. The lowest BCUT2D eigenvalue weighted by molar-refractivity contribution is 0.393. The van der Waals surface area contributed by atoms with Gasteiger partial charge in [0.1, 0.15) is 11.6 Å². The minimum Gasteiger partial charge on any atom is -0.361 e. The molecule has 0 saturated heterocycles. The van der Waals surface area contributed by atoms with E-state index in [0.717, 1.165) is 65.0 Å². The Hall–Kier alpha value is -3.56. The van der Waals surface area contributed by atoms with Gasteiger partial charge in [-0.3, -0.25) is 4.68 Å². The van der Waals surface area contributed by atoms with E-state index in [2.05, 4.69) is 44.4 Å². The molecule has 0 atom stereocenters. The average molecular weight is 473 g/mol. The van der Waals surface area contributed by atoms with Gasteiger partial charge in [0.05, 0.1) is 34.9 Å². The van der Waals surface area contributed by atoms with Crippen molar-refractivity contribution >= 4 is 11.5 Å². The van der Waals surface area contributed by atoms with Gasteiger partial charge in [-0.1, -0.05) is 23.4 Å². The number of likely N-dealkylation sites (N-methyl/N-ethyl adjacent to an activating group) is 1. The van der Waals surface area contributed by atoms with Crippen molar-refractivity contribution in [3.05, 3.63) is 59.2 Å². The zero-order valence-corrected chi connectivity index (χ0v) is 20.7. The van der Waals surface area contributed by atoms with Crippen molar-refractivity contribution in [2.24, 2.45) is 0 Å². The largest absolute Gasteiger partial charge is 0.361 e. The molecule has 9 nitrogen and oxygen atoms in total. The van der Waals surface area contributed by atoms with Gasteiger partial charge in [0, 0.05) is 37.0 Å². The Bertz CT molecular complexity index is 1300. The second-order valence-corrected chi connectivity index (χ2v) is 9.11. The molecule has 9 heteroatoms. The molecule has 35 heavy (non-hydrogen) atoms. The first-order chi connectivity index (χ1) is 17.0. The molecular weight excluding hydrogens is 440 g/mol. The van der Waals surface area contributed by atoms with Crippen molar-refractivity contribution < 1.29 is 4.52 Å². The minimum atomic E-state index is 0.523. The first kappa shape index (κ1) is 23.2. The minimum absolute atomic E-state index is 0.523. The van der Waals surface area contributed by atoms with Crippen molar-refractivity contribution in [3.63, 3.8) is 0 Å². The number of hydrogen-bond donors (Lipinski definition) is 3. The smallest absolute Gasteiger partial charge is 0.162 e. The summed E-state index contributed by atoms with van der Waals surface area (Å²) in [5.74, 6) is 2.14. The number of hydrogen-bond acceptors (Lipinski definition) is 8. The third kappa shape index (κ3) is 5.11. The lowest BCUT2D eigenvalue weighted by Crippen LogP contribution is -2.24. The van der Waals surface area contributed by atoms with E-state index < -0.39 is 0 Å². The van der Waals surface area contributed by atoms with Crippen LogP contribution in [-0.4, -0.2) is 45.0 Å². The average Bonchev–Trinajstić information content (AvgIpc) is 3.52. The third-order valence-corrected chi connectivity index (χ3v) is 6.27. The van der Waals surface area contributed by atoms with E-state index in [0.29, 0.717) is 11.9 Å². The number of rotatable bonds is 10. The molecule has 0 spiro atoms. The molecule has 3 heterocycles. The van der Waals surface area contributed by atoms with Crippen LogP contribution in [0.2, 0.25) is 0 Å². The fraction of sp³-hybridized carbons (Fsp3) is 0.385. The Balaban J connectivity index is 1.53. The highest BCUT2D eigenvalue weighted by atomic mass is 16.5. The van der Waals surface area contributed by atoms with E-state index in [9.17, 15) is 0 Å². The van der Waals surface area contributed by atoms with Crippen LogP contribution in [0.1, 0.15) is 41.5 Å². The van der Waals surface area contributed by atoms with Crippen LogP contribution in [-0.2, 0) is 6.54 Å². The molecule has 1 fully saturated rings. The molecule has 1 aliphatic rings. The highest BCUT2D eigenvalue weighted by Gasteiger charge is 2.25. The standard InChI is InChI=1S/C26H32N8O/c1-16-24(23-17(2)33-35-18(23)3)31-26(20-7-5-6-19(12-20)13-28-11-10-27-4)32-25(16)30-21-14-29-34(15-21)22-8-9-22/h5-7,12,14-15,22,27-28H,8-11,13H2,1-4H3,(H,30,31,32). The Kier molecular flexibility index (Phi) is 6.61. The maximum Gasteiger partial charge on any atom is 0.162 e. The van der Waals surface area contributed by atoms with Crippen molar-refractivity contribution in [1.29, 1.82) is 0 Å². The molecule has 0 bridgehead atoms. The summed E-state index contributed by atoms with van der Waals surface area (Å²) in [4.78, 5) is 9.95. The monoisotopic (exact) mass is 472 g/mol. The van der Waals surface area contributed by atoms with Gasteiger partial charge in [-0.25, -0.2) is 9.97 Å². The van der Waals surface area contributed by atoms with Crippen LogP contribution >= 0.6 is 0 Å². The van der Waals surface area contributed by atoms with Crippen LogP contribution in [0.25, 0.3) is 22.6 Å². The Labute approximate surface area is 205 Å². The summed E-state index contributed by atoms with van der Waals surface area (Å²) >= 11 is 0. The highest BCUT2D eigenvalue weighted by Crippen LogP contribution is 2.36. The highest BCUT2D eigenvalue weighted by molar-refractivity contribution is 5.76. The van der Waals surface area contributed by atoms with Gasteiger partial charge in [-0.15, -0.1) is 0 Å². The predicted octanol–water partition coefficient (Wildman–Crippen LogP) is 4.31. The maximum atomic E-state index is 5.47. The van der Waals surface area contributed by atoms with E-state index in [1.807, 2.05) is 51.0 Å². The summed E-state index contributed by atoms with van der Waals surface area (Å²) in [6, 6.07) is 8.88. The molecule has 0 unspecified atom stereocenters. The van der Waals surface area contributed by atoms with Crippen LogP contribution < -0.4 is 16.0 Å². The quantitative estimate of drug-likeness (QED) is 0.293. The fourth-order valence-corrected chi connectivity index (χ4v) is 4.18. The summed E-state index contributed by atoms with van der Waals surface area (Å²) in [5, 5.41) is 18.8. The first-order valence-electron chi connectivity index (χ1n) is 12.1. The molecule has 182 valence electrons.